The molecule has 2 saturated heterocycles. The van der Waals surface area contributed by atoms with E-state index in [2.05, 4.69) is 53.2 Å². The van der Waals surface area contributed by atoms with Gasteiger partial charge in [-0.2, -0.15) is 0 Å². The molecule has 2 aliphatic rings. The van der Waals surface area contributed by atoms with E-state index >= 15 is 0 Å². The van der Waals surface area contributed by atoms with Crippen molar-refractivity contribution in [2.45, 2.75) is 44.6 Å². The summed E-state index contributed by atoms with van der Waals surface area (Å²) in [5.74, 6) is 0.701. The highest BCUT2D eigenvalue weighted by atomic mass is 15.2. The van der Waals surface area contributed by atoms with Gasteiger partial charge in [-0.15, -0.1) is 0 Å². The summed E-state index contributed by atoms with van der Waals surface area (Å²) in [6.45, 7) is 9.45. The van der Waals surface area contributed by atoms with Gasteiger partial charge in [-0.05, 0) is 51.9 Å². The van der Waals surface area contributed by atoms with Crippen LogP contribution in [0.2, 0.25) is 0 Å². The highest BCUT2D eigenvalue weighted by Gasteiger charge is 2.35. The standard InChI is InChI=1S/C16H28N4/c1-13-11-19(3)9-4-14(13)20-12-18-10-15(20)16(2)5-7-17-8-6-16/h10,12-14,17H,4-9,11H2,1-3H3. The first kappa shape index (κ1) is 14.1. The molecule has 112 valence electrons. The van der Waals surface area contributed by atoms with Gasteiger partial charge < -0.3 is 14.8 Å². The Morgan fingerprint density at radius 1 is 1.35 bits per heavy atom. The maximum atomic E-state index is 4.50. The number of imidazole rings is 1. The zero-order valence-electron chi connectivity index (χ0n) is 13.1. The van der Waals surface area contributed by atoms with E-state index in [9.17, 15) is 0 Å². The van der Waals surface area contributed by atoms with E-state index in [1.165, 1.54) is 38.0 Å². The molecule has 4 heteroatoms. The molecule has 1 aromatic heterocycles. The van der Waals surface area contributed by atoms with Gasteiger partial charge in [0.25, 0.3) is 0 Å². The fourth-order valence-electron chi connectivity index (χ4n) is 4.03. The second-order valence-corrected chi connectivity index (χ2v) is 7.09. The third-order valence-electron chi connectivity index (χ3n) is 5.41. The van der Waals surface area contributed by atoms with Crippen molar-refractivity contribution in [1.29, 1.82) is 0 Å². The lowest BCUT2D eigenvalue weighted by Gasteiger charge is -2.40. The molecule has 0 aliphatic carbocycles. The van der Waals surface area contributed by atoms with Crippen LogP contribution in [-0.4, -0.2) is 47.7 Å². The number of piperidine rings is 2. The molecular weight excluding hydrogens is 248 g/mol. The second kappa shape index (κ2) is 5.49. The number of hydrogen-bond acceptors (Lipinski definition) is 3. The third kappa shape index (κ3) is 2.51. The Balaban J connectivity index is 1.86. The van der Waals surface area contributed by atoms with Gasteiger partial charge in [-0.3, -0.25) is 0 Å². The summed E-state index contributed by atoms with van der Waals surface area (Å²) in [4.78, 5) is 6.95. The van der Waals surface area contributed by atoms with E-state index in [4.69, 9.17) is 0 Å². The summed E-state index contributed by atoms with van der Waals surface area (Å²) in [6.07, 6.45) is 7.89. The Bertz CT molecular complexity index is 447. The van der Waals surface area contributed by atoms with Crippen LogP contribution in [0.1, 0.15) is 44.8 Å². The summed E-state index contributed by atoms with van der Waals surface area (Å²) in [6, 6.07) is 0.621. The minimum atomic E-state index is 0.296. The molecule has 1 aromatic rings. The Morgan fingerprint density at radius 3 is 2.80 bits per heavy atom. The average Bonchev–Trinajstić information content (AvgIpc) is 2.89. The quantitative estimate of drug-likeness (QED) is 0.897. The van der Waals surface area contributed by atoms with Crippen LogP contribution in [0.15, 0.2) is 12.5 Å². The average molecular weight is 276 g/mol. The topological polar surface area (TPSA) is 33.1 Å². The summed E-state index contributed by atoms with van der Waals surface area (Å²) in [5, 5.41) is 3.48. The van der Waals surface area contributed by atoms with Gasteiger partial charge in [0, 0.05) is 29.9 Å². The maximum Gasteiger partial charge on any atom is 0.0951 e. The van der Waals surface area contributed by atoms with Gasteiger partial charge >= 0.3 is 0 Å². The molecule has 2 aliphatic heterocycles. The number of aromatic nitrogens is 2. The normalized spacial score (nSPS) is 31.4. The predicted octanol–water partition coefficient (Wildman–Crippen LogP) is 2.04. The minimum absolute atomic E-state index is 0.296. The SMILES string of the molecule is CC1CN(C)CCC1n1cncc1C1(C)CCNCC1. The Morgan fingerprint density at radius 2 is 2.10 bits per heavy atom. The lowest BCUT2D eigenvalue weighted by molar-refractivity contribution is 0.152. The molecule has 4 nitrogen and oxygen atoms in total. The fraction of sp³-hybridized carbons (Fsp3) is 0.812. The van der Waals surface area contributed by atoms with Crippen LogP contribution in [0.25, 0.3) is 0 Å². The van der Waals surface area contributed by atoms with Gasteiger partial charge in [-0.25, -0.2) is 4.98 Å². The molecule has 2 unspecified atom stereocenters. The van der Waals surface area contributed by atoms with E-state index < -0.39 is 0 Å². The van der Waals surface area contributed by atoms with Crippen LogP contribution >= 0.6 is 0 Å². The van der Waals surface area contributed by atoms with Crippen molar-refractivity contribution >= 4 is 0 Å². The van der Waals surface area contributed by atoms with Crippen LogP contribution in [0.3, 0.4) is 0 Å². The molecule has 20 heavy (non-hydrogen) atoms. The number of likely N-dealkylation sites (tertiary alicyclic amines) is 1. The van der Waals surface area contributed by atoms with Crippen molar-refractivity contribution in [1.82, 2.24) is 19.8 Å². The van der Waals surface area contributed by atoms with Crippen LogP contribution in [0.4, 0.5) is 0 Å². The Kier molecular flexibility index (Phi) is 3.87. The molecule has 2 atom stereocenters. The number of hydrogen-bond donors (Lipinski definition) is 1. The molecule has 0 saturated carbocycles. The molecule has 0 bridgehead atoms. The first-order valence-electron chi connectivity index (χ1n) is 8.02. The molecule has 1 N–H and O–H groups in total. The monoisotopic (exact) mass is 276 g/mol. The number of rotatable bonds is 2. The predicted molar refractivity (Wildman–Crippen MR) is 82.0 cm³/mol. The highest BCUT2D eigenvalue weighted by Crippen LogP contribution is 2.37. The van der Waals surface area contributed by atoms with E-state index in [1.54, 1.807) is 0 Å². The maximum absolute atomic E-state index is 4.50. The third-order valence-corrected chi connectivity index (χ3v) is 5.41. The van der Waals surface area contributed by atoms with Crippen molar-refractivity contribution in [3.05, 3.63) is 18.2 Å². The van der Waals surface area contributed by atoms with E-state index in [1.807, 2.05) is 0 Å². The zero-order chi connectivity index (χ0) is 14.2. The van der Waals surface area contributed by atoms with Gasteiger partial charge in [0.05, 0.1) is 6.33 Å². The fourth-order valence-corrected chi connectivity index (χ4v) is 4.03. The lowest BCUT2D eigenvalue weighted by Crippen LogP contribution is -2.42. The summed E-state index contributed by atoms with van der Waals surface area (Å²) in [5.41, 5.74) is 1.76. The van der Waals surface area contributed by atoms with E-state index in [0.29, 0.717) is 17.4 Å². The van der Waals surface area contributed by atoms with Crippen LogP contribution in [0, 0.1) is 5.92 Å². The van der Waals surface area contributed by atoms with Crippen molar-refractivity contribution < 1.29 is 0 Å². The van der Waals surface area contributed by atoms with Gasteiger partial charge in [0.2, 0.25) is 0 Å². The summed E-state index contributed by atoms with van der Waals surface area (Å²) in [7, 11) is 2.23. The second-order valence-electron chi connectivity index (χ2n) is 7.09. The van der Waals surface area contributed by atoms with Gasteiger partial charge in [0.15, 0.2) is 0 Å². The summed E-state index contributed by atoms with van der Waals surface area (Å²) >= 11 is 0. The van der Waals surface area contributed by atoms with E-state index in [-0.39, 0.29) is 0 Å². The van der Waals surface area contributed by atoms with Crippen LogP contribution < -0.4 is 5.32 Å². The van der Waals surface area contributed by atoms with Crippen molar-refractivity contribution in [2.24, 2.45) is 5.92 Å². The zero-order valence-corrected chi connectivity index (χ0v) is 13.1. The molecule has 0 amide bonds. The molecule has 3 rings (SSSR count). The minimum Gasteiger partial charge on any atom is -0.331 e. The molecular formula is C16H28N4. The molecule has 0 radical (unpaired) electrons. The van der Waals surface area contributed by atoms with Crippen LogP contribution in [-0.2, 0) is 5.41 Å². The smallest absolute Gasteiger partial charge is 0.0951 e. The van der Waals surface area contributed by atoms with Crippen molar-refractivity contribution in [3.8, 4) is 0 Å². The highest BCUT2D eigenvalue weighted by molar-refractivity contribution is 5.17. The molecule has 0 aromatic carbocycles. The lowest BCUT2D eigenvalue weighted by atomic mass is 9.77. The largest absolute Gasteiger partial charge is 0.331 e. The van der Waals surface area contributed by atoms with Gasteiger partial charge in [-0.1, -0.05) is 13.8 Å². The van der Waals surface area contributed by atoms with Crippen molar-refractivity contribution in [3.63, 3.8) is 0 Å². The van der Waals surface area contributed by atoms with Crippen LogP contribution in [0.5, 0.6) is 0 Å². The number of nitrogens with one attached hydrogen (secondary N) is 1. The summed E-state index contributed by atoms with van der Waals surface area (Å²) < 4.78 is 2.50. The Labute approximate surface area is 122 Å². The molecule has 3 heterocycles. The van der Waals surface area contributed by atoms with E-state index in [0.717, 1.165) is 13.1 Å². The van der Waals surface area contributed by atoms with Gasteiger partial charge in [0.1, 0.15) is 0 Å². The first-order valence-corrected chi connectivity index (χ1v) is 8.02. The molecule has 2 fully saturated rings. The molecule has 0 spiro atoms. The Hall–Kier alpha value is -0.870. The number of nitrogens with zero attached hydrogens (tertiary/aromatic N) is 3. The van der Waals surface area contributed by atoms with Crippen molar-refractivity contribution in [2.75, 3.05) is 33.2 Å². The first-order chi connectivity index (χ1) is 9.60.